The molecule has 0 unspecified atom stereocenters. The third-order valence-electron chi connectivity index (χ3n) is 2.59. The molecule has 0 atom stereocenters. The van der Waals surface area contributed by atoms with Crippen LogP contribution < -0.4 is 0 Å². The highest BCUT2D eigenvalue weighted by Crippen LogP contribution is 2.31. The van der Waals surface area contributed by atoms with Crippen LogP contribution in [0.5, 0.6) is 0 Å². The van der Waals surface area contributed by atoms with Gasteiger partial charge < -0.3 is 5.11 Å². The first kappa shape index (κ1) is 11.8. The predicted molar refractivity (Wildman–Crippen MR) is 68.4 cm³/mol. The van der Waals surface area contributed by atoms with Crippen LogP contribution in [0.2, 0.25) is 0 Å². The number of nitrogens with zero attached hydrogens (tertiary/aromatic N) is 1. The van der Waals surface area contributed by atoms with Crippen molar-refractivity contribution >= 4 is 17.3 Å². The Morgan fingerprint density at radius 1 is 1.41 bits per heavy atom. The second-order valence-corrected chi connectivity index (χ2v) is 4.87. The van der Waals surface area contributed by atoms with Crippen LogP contribution in [-0.2, 0) is 11.2 Å². The SMILES string of the molecule is Cc1ccc(-c2scnc2CC(=O)O)c(C)c1. The van der Waals surface area contributed by atoms with E-state index >= 15 is 0 Å². The van der Waals surface area contributed by atoms with Crippen LogP contribution in [0.1, 0.15) is 16.8 Å². The van der Waals surface area contributed by atoms with Crippen molar-refractivity contribution in [2.24, 2.45) is 0 Å². The fraction of sp³-hybridized carbons (Fsp3) is 0.231. The fourth-order valence-corrected chi connectivity index (χ4v) is 2.73. The van der Waals surface area contributed by atoms with Crippen molar-refractivity contribution < 1.29 is 9.90 Å². The van der Waals surface area contributed by atoms with Crippen molar-refractivity contribution in [2.45, 2.75) is 20.3 Å². The molecule has 1 N–H and O–H groups in total. The molecule has 0 radical (unpaired) electrons. The van der Waals surface area contributed by atoms with E-state index in [1.807, 2.05) is 26.0 Å². The molecule has 0 aliphatic heterocycles. The Balaban J connectivity index is 2.46. The third kappa shape index (κ3) is 2.53. The molecule has 3 nitrogen and oxygen atoms in total. The first-order chi connectivity index (χ1) is 8.08. The third-order valence-corrected chi connectivity index (χ3v) is 3.49. The van der Waals surface area contributed by atoms with E-state index in [2.05, 4.69) is 11.1 Å². The quantitative estimate of drug-likeness (QED) is 0.906. The van der Waals surface area contributed by atoms with E-state index in [4.69, 9.17) is 5.11 Å². The van der Waals surface area contributed by atoms with Gasteiger partial charge in [0.2, 0.25) is 0 Å². The largest absolute Gasteiger partial charge is 0.481 e. The van der Waals surface area contributed by atoms with E-state index in [0.29, 0.717) is 5.69 Å². The molecule has 0 spiro atoms. The van der Waals surface area contributed by atoms with E-state index in [1.54, 1.807) is 5.51 Å². The van der Waals surface area contributed by atoms with Crippen molar-refractivity contribution in [1.29, 1.82) is 0 Å². The van der Waals surface area contributed by atoms with E-state index in [9.17, 15) is 4.79 Å². The maximum Gasteiger partial charge on any atom is 0.309 e. The molecular formula is C13H13NO2S. The molecule has 17 heavy (non-hydrogen) atoms. The van der Waals surface area contributed by atoms with Gasteiger partial charge in [-0.05, 0) is 25.0 Å². The Morgan fingerprint density at radius 2 is 2.18 bits per heavy atom. The Hall–Kier alpha value is -1.68. The Morgan fingerprint density at radius 3 is 2.82 bits per heavy atom. The Labute approximate surface area is 104 Å². The highest BCUT2D eigenvalue weighted by atomic mass is 32.1. The molecule has 1 aromatic carbocycles. The summed E-state index contributed by atoms with van der Waals surface area (Å²) in [7, 11) is 0. The van der Waals surface area contributed by atoms with Gasteiger partial charge in [0.25, 0.3) is 0 Å². The number of hydrogen-bond donors (Lipinski definition) is 1. The molecule has 0 aliphatic rings. The number of aryl methyl sites for hydroxylation is 2. The van der Waals surface area contributed by atoms with Gasteiger partial charge in [-0.3, -0.25) is 4.79 Å². The van der Waals surface area contributed by atoms with Crippen LogP contribution in [0.25, 0.3) is 10.4 Å². The number of thiazole rings is 1. The van der Waals surface area contributed by atoms with Gasteiger partial charge in [-0.1, -0.05) is 23.8 Å². The number of aliphatic carboxylic acids is 1. The number of benzene rings is 1. The number of hydrogen-bond acceptors (Lipinski definition) is 3. The summed E-state index contributed by atoms with van der Waals surface area (Å²) < 4.78 is 0. The van der Waals surface area contributed by atoms with E-state index in [0.717, 1.165) is 16.0 Å². The summed E-state index contributed by atoms with van der Waals surface area (Å²) in [4.78, 5) is 15.9. The smallest absolute Gasteiger partial charge is 0.309 e. The highest BCUT2D eigenvalue weighted by Gasteiger charge is 2.13. The lowest BCUT2D eigenvalue weighted by molar-refractivity contribution is -0.136. The zero-order valence-corrected chi connectivity index (χ0v) is 10.5. The lowest BCUT2D eigenvalue weighted by Crippen LogP contribution is -2.01. The summed E-state index contributed by atoms with van der Waals surface area (Å²) >= 11 is 1.49. The molecular weight excluding hydrogens is 234 g/mol. The summed E-state index contributed by atoms with van der Waals surface area (Å²) in [5.41, 5.74) is 5.78. The minimum Gasteiger partial charge on any atom is -0.481 e. The zero-order chi connectivity index (χ0) is 12.4. The second-order valence-electron chi connectivity index (χ2n) is 4.02. The lowest BCUT2D eigenvalue weighted by atomic mass is 10.0. The lowest BCUT2D eigenvalue weighted by Gasteiger charge is -2.06. The van der Waals surface area contributed by atoms with Crippen molar-refractivity contribution in [3.63, 3.8) is 0 Å². The molecule has 4 heteroatoms. The van der Waals surface area contributed by atoms with Crippen LogP contribution in [0.15, 0.2) is 23.7 Å². The van der Waals surface area contributed by atoms with Crippen LogP contribution in [0, 0.1) is 13.8 Å². The first-order valence-electron chi connectivity index (χ1n) is 5.29. The van der Waals surface area contributed by atoms with Gasteiger partial charge in [0, 0.05) is 0 Å². The molecule has 0 fully saturated rings. The monoisotopic (exact) mass is 247 g/mol. The maximum absolute atomic E-state index is 10.8. The second kappa shape index (κ2) is 4.67. The predicted octanol–water partition coefficient (Wildman–Crippen LogP) is 3.05. The van der Waals surface area contributed by atoms with Crippen LogP contribution in [0.4, 0.5) is 0 Å². The van der Waals surface area contributed by atoms with Crippen molar-refractivity contribution in [3.05, 3.63) is 40.5 Å². The normalized spacial score (nSPS) is 10.5. The molecule has 88 valence electrons. The van der Waals surface area contributed by atoms with Gasteiger partial charge >= 0.3 is 5.97 Å². The van der Waals surface area contributed by atoms with Gasteiger partial charge in [-0.25, -0.2) is 4.98 Å². The maximum atomic E-state index is 10.8. The molecule has 1 aromatic heterocycles. The number of carboxylic acid groups (broad SMARTS) is 1. The zero-order valence-electron chi connectivity index (χ0n) is 9.73. The summed E-state index contributed by atoms with van der Waals surface area (Å²) in [5, 5.41) is 8.83. The molecule has 0 saturated heterocycles. The average molecular weight is 247 g/mol. The van der Waals surface area contributed by atoms with Crippen LogP contribution >= 0.6 is 11.3 Å². The van der Waals surface area contributed by atoms with Gasteiger partial charge in [0.15, 0.2) is 0 Å². The van der Waals surface area contributed by atoms with Crippen molar-refractivity contribution in [3.8, 4) is 10.4 Å². The summed E-state index contributed by atoms with van der Waals surface area (Å²) in [6.07, 6.45) is -0.0217. The molecule has 2 rings (SSSR count). The average Bonchev–Trinajstić information content (AvgIpc) is 2.65. The molecule has 0 amide bonds. The topological polar surface area (TPSA) is 50.2 Å². The minimum atomic E-state index is -0.845. The van der Waals surface area contributed by atoms with Crippen molar-refractivity contribution in [2.75, 3.05) is 0 Å². The molecule has 0 bridgehead atoms. The standard InChI is InChI=1S/C13H13NO2S/c1-8-3-4-10(9(2)5-8)13-11(6-12(15)16)14-7-17-13/h3-5,7H,6H2,1-2H3,(H,15,16). The number of carboxylic acids is 1. The number of rotatable bonds is 3. The first-order valence-corrected chi connectivity index (χ1v) is 6.17. The number of carbonyl (C=O) groups is 1. The molecule has 1 heterocycles. The van der Waals surface area contributed by atoms with Gasteiger partial charge in [0.05, 0.1) is 22.5 Å². The summed E-state index contributed by atoms with van der Waals surface area (Å²) in [6.45, 7) is 4.08. The fourth-order valence-electron chi connectivity index (χ4n) is 1.83. The molecule has 0 saturated carbocycles. The van der Waals surface area contributed by atoms with Crippen molar-refractivity contribution in [1.82, 2.24) is 4.98 Å². The number of aromatic nitrogens is 1. The van der Waals surface area contributed by atoms with Gasteiger partial charge in [0.1, 0.15) is 0 Å². The van der Waals surface area contributed by atoms with E-state index in [-0.39, 0.29) is 6.42 Å². The molecule has 2 aromatic rings. The van der Waals surface area contributed by atoms with E-state index < -0.39 is 5.97 Å². The summed E-state index contributed by atoms with van der Waals surface area (Å²) in [6, 6.07) is 6.16. The Kier molecular flexibility index (Phi) is 3.24. The van der Waals surface area contributed by atoms with E-state index in [1.165, 1.54) is 16.9 Å². The Bertz CT molecular complexity index is 560. The minimum absolute atomic E-state index is 0.0217. The highest BCUT2D eigenvalue weighted by molar-refractivity contribution is 7.13. The van der Waals surface area contributed by atoms with Crippen LogP contribution in [-0.4, -0.2) is 16.1 Å². The van der Waals surface area contributed by atoms with Gasteiger partial charge in [-0.15, -0.1) is 11.3 Å². The van der Waals surface area contributed by atoms with Gasteiger partial charge in [-0.2, -0.15) is 0 Å². The molecule has 0 aliphatic carbocycles. The summed E-state index contributed by atoms with van der Waals surface area (Å²) in [5.74, 6) is -0.845. The van der Waals surface area contributed by atoms with Crippen LogP contribution in [0.3, 0.4) is 0 Å².